The zero-order valence-electron chi connectivity index (χ0n) is 22.1. The fourth-order valence-corrected chi connectivity index (χ4v) is 6.06. The standard InChI is InChI=1S/C25H25N5O.C5H11N/c1-15-5-3-6-16-7-4-8-19(23(15)16)21-11-22-20(12-26-21)24(29-25(28-22)31-2)30-13-17-9-10-18(14-30)27-17;1-6-4-2-3-5-6/h3-8,11-12,17-18,27H,9-10,13-14H2,1-2H3;2-5H2,1H3. The maximum absolute atomic E-state index is 5.47. The van der Waals surface area contributed by atoms with E-state index in [1.165, 1.54) is 55.1 Å². The highest BCUT2D eigenvalue weighted by Gasteiger charge is 2.33. The molecule has 4 aromatic rings. The summed E-state index contributed by atoms with van der Waals surface area (Å²) in [6.45, 7) is 6.70. The van der Waals surface area contributed by atoms with Crippen LogP contribution in [0.25, 0.3) is 32.9 Å². The summed E-state index contributed by atoms with van der Waals surface area (Å²) in [4.78, 5) is 19.0. The van der Waals surface area contributed by atoms with E-state index in [0.29, 0.717) is 18.1 Å². The summed E-state index contributed by atoms with van der Waals surface area (Å²) in [7, 11) is 3.80. The van der Waals surface area contributed by atoms with Crippen LogP contribution in [0.15, 0.2) is 48.7 Å². The molecule has 0 aliphatic carbocycles. The van der Waals surface area contributed by atoms with E-state index < -0.39 is 0 Å². The van der Waals surface area contributed by atoms with E-state index in [1.807, 2.05) is 6.20 Å². The molecule has 2 atom stereocenters. The lowest BCUT2D eigenvalue weighted by atomic mass is 9.97. The lowest BCUT2D eigenvalue weighted by Gasteiger charge is -2.34. The molecule has 3 fully saturated rings. The molecule has 2 bridgehead atoms. The highest BCUT2D eigenvalue weighted by Crippen LogP contribution is 2.34. The van der Waals surface area contributed by atoms with Gasteiger partial charge in [-0.25, -0.2) is 0 Å². The maximum Gasteiger partial charge on any atom is 0.318 e. The van der Waals surface area contributed by atoms with Gasteiger partial charge in [0.2, 0.25) is 0 Å². The first-order valence-corrected chi connectivity index (χ1v) is 13.5. The molecule has 7 nitrogen and oxygen atoms in total. The molecule has 1 N–H and O–H groups in total. The summed E-state index contributed by atoms with van der Waals surface area (Å²) in [5.41, 5.74) is 4.15. The van der Waals surface area contributed by atoms with Crippen molar-refractivity contribution in [1.82, 2.24) is 25.2 Å². The molecule has 3 aliphatic heterocycles. The van der Waals surface area contributed by atoms with Crippen LogP contribution in [0, 0.1) is 6.92 Å². The van der Waals surface area contributed by atoms with E-state index in [4.69, 9.17) is 14.7 Å². The molecule has 5 heterocycles. The van der Waals surface area contributed by atoms with Gasteiger partial charge in [0.15, 0.2) is 0 Å². The molecule has 7 rings (SSSR count). The monoisotopic (exact) mass is 496 g/mol. The van der Waals surface area contributed by atoms with Crippen molar-refractivity contribution < 1.29 is 4.74 Å². The third-order valence-electron chi connectivity index (χ3n) is 7.96. The number of nitrogens with zero attached hydrogens (tertiary/aromatic N) is 5. The number of ether oxygens (including phenoxy) is 1. The summed E-state index contributed by atoms with van der Waals surface area (Å²) in [6.07, 6.45) is 7.21. The number of pyridine rings is 1. The number of hydrogen-bond acceptors (Lipinski definition) is 7. The first kappa shape index (κ1) is 24.1. The fraction of sp³-hybridized carbons (Fsp3) is 0.433. The van der Waals surface area contributed by atoms with Crippen molar-refractivity contribution in [2.75, 3.05) is 45.2 Å². The minimum Gasteiger partial charge on any atom is -0.467 e. The zero-order valence-corrected chi connectivity index (χ0v) is 22.1. The molecule has 2 aromatic carbocycles. The van der Waals surface area contributed by atoms with Crippen LogP contribution in [0.1, 0.15) is 31.2 Å². The summed E-state index contributed by atoms with van der Waals surface area (Å²) < 4.78 is 5.47. The van der Waals surface area contributed by atoms with Crippen LogP contribution in [0.3, 0.4) is 0 Å². The Morgan fingerprint density at radius 2 is 1.70 bits per heavy atom. The molecule has 2 unspecified atom stereocenters. The molecule has 2 aromatic heterocycles. The summed E-state index contributed by atoms with van der Waals surface area (Å²) >= 11 is 0. The second-order valence-electron chi connectivity index (χ2n) is 10.7. The van der Waals surface area contributed by atoms with Gasteiger partial charge in [0.05, 0.1) is 23.7 Å². The van der Waals surface area contributed by atoms with Crippen molar-refractivity contribution in [2.45, 2.75) is 44.7 Å². The quantitative estimate of drug-likeness (QED) is 0.436. The van der Waals surface area contributed by atoms with Gasteiger partial charge in [0.25, 0.3) is 0 Å². The Hall–Kier alpha value is -3.29. The highest BCUT2D eigenvalue weighted by molar-refractivity contribution is 6.00. The first-order chi connectivity index (χ1) is 18.1. The molecular formula is C30H36N6O. The normalized spacial score (nSPS) is 21.3. The predicted molar refractivity (Wildman–Crippen MR) is 150 cm³/mol. The number of nitrogens with one attached hydrogen (secondary N) is 1. The summed E-state index contributed by atoms with van der Waals surface area (Å²) in [6, 6.07) is 16.3. The number of fused-ring (bicyclic) bond motifs is 4. The fourth-order valence-electron chi connectivity index (χ4n) is 6.06. The smallest absolute Gasteiger partial charge is 0.318 e. The minimum absolute atomic E-state index is 0.402. The molecule has 3 saturated heterocycles. The summed E-state index contributed by atoms with van der Waals surface area (Å²) in [5, 5.41) is 7.11. The number of piperazine rings is 1. The van der Waals surface area contributed by atoms with Crippen LogP contribution in [0.4, 0.5) is 5.82 Å². The van der Waals surface area contributed by atoms with Crippen LogP contribution in [0.2, 0.25) is 0 Å². The second kappa shape index (κ2) is 10.2. The Bertz CT molecular complexity index is 1400. The van der Waals surface area contributed by atoms with E-state index in [9.17, 15) is 0 Å². The number of anilines is 1. The number of methoxy groups -OCH3 is 1. The Kier molecular flexibility index (Phi) is 6.65. The molecule has 3 aliphatic rings. The SMILES string of the molecule is CN1CCCC1.COc1nc(N2CC3CCC(C2)N3)c2cnc(-c3cccc4cccc(C)c34)cc2n1. The molecule has 0 spiro atoms. The van der Waals surface area contributed by atoms with E-state index in [2.05, 4.69) is 76.5 Å². The Labute approximate surface area is 218 Å². The van der Waals surface area contributed by atoms with E-state index >= 15 is 0 Å². The van der Waals surface area contributed by atoms with Crippen molar-refractivity contribution in [3.05, 3.63) is 54.2 Å². The Morgan fingerprint density at radius 1 is 0.973 bits per heavy atom. The van der Waals surface area contributed by atoms with Crippen molar-refractivity contribution in [1.29, 1.82) is 0 Å². The van der Waals surface area contributed by atoms with Gasteiger partial charge in [0.1, 0.15) is 5.82 Å². The van der Waals surface area contributed by atoms with Crippen molar-refractivity contribution in [2.24, 2.45) is 0 Å². The molecule has 192 valence electrons. The molecule has 0 saturated carbocycles. The van der Waals surface area contributed by atoms with Crippen molar-refractivity contribution in [3.63, 3.8) is 0 Å². The van der Waals surface area contributed by atoms with Gasteiger partial charge < -0.3 is 19.9 Å². The number of benzene rings is 2. The predicted octanol–water partition coefficient (Wildman–Crippen LogP) is 4.81. The van der Waals surface area contributed by atoms with Gasteiger partial charge >= 0.3 is 6.01 Å². The van der Waals surface area contributed by atoms with E-state index in [-0.39, 0.29) is 0 Å². The van der Waals surface area contributed by atoms with Gasteiger partial charge in [-0.05, 0) is 75.1 Å². The average molecular weight is 497 g/mol. The van der Waals surface area contributed by atoms with Crippen molar-refractivity contribution in [3.8, 4) is 17.3 Å². The van der Waals surface area contributed by atoms with Crippen LogP contribution in [0.5, 0.6) is 6.01 Å². The lowest BCUT2D eigenvalue weighted by molar-refractivity contribution is 0.380. The second-order valence-corrected chi connectivity index (χ2v) is 10.7. The van der Waals surface area contributed by atoms with Gasteiger partial charge in [-0.1, -0.05) is 36.4 Å². The zero-order chi connectivity index (χ0) is 25.4. The molecule has 37 heavy (non-hydrogen) atoms. The third-order valence-corrected chi connectivity index (χ3v) is 7.96. The molecule has 0 amide bonds. The Balaban J connectivity index is 0.000000372. The van der Waals surface area contributed by atoms with Gasteiger partial charge in [-0.2, -0.15) is 9.97 Å². The van der Waals surface area contributed by atoms with Crippen LogP contribution in [-0.2, 0) is 0 Å². The average Bonchev–Trinajstić information content (AvgIpc) is 3.54. The number of aryl methyl sites for hydroxylation is 1. The number of hydrogen-bond donors (Lipinski definition) is 1. The first-order valence-electron chi connectivity index (χ1n) is 13.5. The molecular weight excluding hydrogens is 460 g/mol. The van der Waals surface area contributed by atoms with Gasteiger partial charge in [0, 0.05) is 36.9 Å². The van der Waals surface area contributed by atoms with Crippen LogP contribution in [-0.4, -0.2) is 72.3 Å². The number of rotatable bonds is 3. The van der Waals surface area contributed by atoms with E-state index in [0.717, 1.165) is 41.1 Å². The van der Waals surface area contributed by atoms with E-state index in [1.54, 1.807) is 7.11 Å². The highest BCUT2D eigenvalue weighted by atomic mass is 16.5. The van der Waals surface area contributed by atoms with Crippen LogP contribution >= 0.6 is 0 Å². The molecule has 7 heteroatoms. The van der Waals surface area contributed by atoms with Crippen molar-refractivity contribution >= 4 is 27.5 Å². The third kappa shape index (κ3) is 4.86. The Morgan fingerprint density at radius 3 is 2.38 bits per heavy atom. The maximum atomic E-state index is 5.47. The summed E-state index contributed by atoms with van der Waals surface area (Å²) in [5.74, 6) is 0.924. The topological polar surface area (TPSA) is 66.4 Å². The number of aromatic nitrogens is 3. The minimum atomic E-state index is 0.402. The van der Waals surface area contributed by atoms with Crippen LogP contribution < -0.4 is 15.0 Å². The van der Waals surface area contributed by atoms with Gasteiger partial charge in [-0.3, -0.25) is 4.98 Å². The number of likely N-dealkylation sites (tertiary alicyclic amines) is 1. The largest absolute Gasteiger partial charge is 0.467 e. The molecule has 0 radical (unpaired) electrons. The van der Waals surface area contributed by atoms with Gasteiger partial charge in [-0.15, -0.1) is 0 Å². The lowest BCUT2D eigenvalue weighted by Crippen LogP contribution is -2.51.